The van der Waals surface area contributed by atoms with Gasteiger partial charge in [0.25, 0.3) is 0 Å². The van der Waals surface area contributed by atoms with Crippen LogP contribution in [0.1, 0.15) is 11.1 Å². The highest BCUT2D eigenvalue weighted by atomic mass is 16.5. The van der Waals surface area contributed by atoms with Crippen LogP contribution in [0.4, 0.5) is 0 Å². The van der Waals surface area contributed by atoms with Crippen molar-refractivity contribution in [2.75, 3.05) is 0 Å². The first-order valence-corrected chi connectivity index (χ1v) is 4.85. The maximum Gasteiger partial charge on any atom is 0.130 e. The maximum atomic E-state index is 8.52. The molecule has 0 saturated heterocycles. The summed E-state index contributed by atoms with van der Waals surface area (Å²) in [6.45, 7) is 0.432. The highest BCUT2D eigenvalue weighted by Gasteiger charge is 1.98. The van der Waals surface area contributed by atoms with Gasteiger partial charge in [-0.15, -0.1) is 0 Å². The smallest absolute Gasteiger partial charge is 0.130 e. The molecule has 0 aliphatic heterocycles. The number of nitriles is 1. The van der Waals surface area contributed by atoms with Crippen molar-refractivity contribution in [1.29, 1.82) is 5.26 Å². The van der Waals surface area contributed by atoms with Gasteiger partial charge in [0.1, 0.15) is 18.6 Å². The third-order valence-corrected chi connectivity index (χ3v) is 2.10. The Morgan fingerprint density at radius 3 is 2.69 bits per heavy atom. The van der Waals surface area contributed by atoms with Crippen LogP contribution in [0.2, 0.25) is 0 Å². The summed E-state index contributed by atoms with van der Waals surface area (Å²) in [5.41, 5.74) is 1.88. The van der Waals surface area contributed by atoms with Gasteiger partial charge in [-0.1, -0.05) is 17.3 Å². The van der Waals surface area contributed by atoms with Gasteiger partial charge in [-0.05, 0) is 17.7 Å². The lowest BCUT2D eigenvalue weighted by molar-refractivity contribution is 0.304. The number of rotatable bonds is 4. The molecule has 0 bridgehead atoms. The topological polar surface area (TPSA) is 59.0 Å². The van der Waals surface area contributed by atoms with Crippen LogP contribution in [0.3, 0.4) is 0 Å². The van der Waals surface area contributed by atoms with Gasteiger partial charge >= 0.3 is 0 Å². The van der Waals surface area contributed by atoms with Gasteiger partial charge in [0, 0.05) is 5.56 Å². The van der Waals surface area contributed by atoms with Crippen molar-refractivity contribution in [3.8, 4) is 11.8 Å². The quantitative estimate of drug-likeness (QED) is 0.783. The van der Waals surface area contributed by atoms with Crippen LogP contribution < -0.4 is 4.74 Å². The van der Waals surface area contributed by atoms with Gasteiger partial charge in [0.15, 0.2) is 0 Å². The second-order valence-corrected chi connectivity index (χ2v) is 3.30. The van der Waals surface area contributed by atoms with Crippen LogP contribution in [0, 0.1) is 11.3 Å². The molecule has 80 valence electrons. The van der Waals surface area contributed by atoms with E-state index >= 15 is 0 Å². The number of hydrogen-bond donors (Lipinski definition) is 0. The normalized spacial score (nSPS) is 9.69. The van der Waals surface area contributed by atoms with Gasteiger partial charge < -0.3 is 9.26 Å². The van der Waals surface area contributed by atoms with Crippen molar-refractivity contribution in [2.24, 2.45) is 0 Å². The van der Waals surface area contributed by atoms with Crippen LogP contribution in [0.15, 0.2) is 41.2 Å². The first kappa shape index (κ1) is 10.2. The SMILES string of the molecule is N#CCc1ccc(OCc2cnoc2)cc1. The van der Waals surface area contributed by atoms with Gasteiger partial charge in [-0.3, -0.25) is 0 Å². The molecule has 0 aliphatic carbocycles. The molecule has 16 heavy (non-hydrogen) atoms. The minimum Gasteiger partial charge on any atom is -0.489 e. The molecule has 4 heteroatoms. The largest absolute Gasteiger partial charge is 0.489 e. The molecule has 0 amide bonds. The van der Waals surface area contributed by atoms with E-state index in [1.54, 1.807) is 12.5 Å². The number of nitrogens with zero attached hydrogens (tertiary/aromatic N) is 2. The zero-order valence-corrected chi connectivity index (χ0v) is 8.59. The van der Waals surface area contributed by atoms with Crippen LogP contribution in [0.25, 0.3) is 0 Å². The second kappa shape index (κ2) is 4.99. The van der Waals surface area contributed by atoms with Gasteiger partial charge in [-0.25, -0.2) is 0 Å². The lowest BCUT2D eigenvalue weighted by atomic mass is 10.2. The fourth-order valence-corrected chi connectivity index (χ4v) is 1.26. The zero-order valence-electron chi connectivity index (χ0n) is 8.59. The molecule has 1 aromatic carbocycles. The molecule has 1 heterocycles. The van der Waals surface area contributed by atoms with Gasteiger partial charge in [-0.2, -0.15) is 5.26 Å². The predicted octanol–water partition coefficient (Wildman–Crippen LogP) is 2.32. The maximum absolute atomic E-state index is 8.52. The van der Waals surface area contributed by atoms with E-state index in [0.717, 1.165) is 16.9 Å². The summed E-state index contributed by atoms with van der Waals surface area (Å²) in [7, 11) is 0. The Kier molecular flexibility index (Phi) is 3.19. The van der Waals surface area contributed by atoms with E-state index in [9.17, 15) is 0 Å². The average Bonchev–Trinajstić information content (AvgIpc) is 2.82. The Labute approximate surface area is 93.1 Å². The van der Waals surface area contributed by atoms with E-state index in [1.807, 2.05) is 24.3 Å². The van der Waals surface area contributed by atoms with E-state index < -0.39 is 0 Å². The highest BCUT2D eigenvalue weighted by molar-refractivity contribution is 5.28. The minimum absolute atomic E-state index is 0.423. The van der Waals surface area contributed by atoms with E-state index in [-0.39, 0.29) is 0 Å². The Morgan fingerprint density at radius 2 is 2.06 bits per heavy atom. The van der Waals surface area contributed by atoms with Crippen molar-refractivity contribution < 1.29 is 9.26 Å². The van der Waals surface area contributed by atoms with Crippen molar-refractivity contribution in [3.05, 3.63) is 47.9 Å². The monoisotopic (exact) mass is 214 g/mol. The first-order valence-electron chi connectivity index (χ1n) is 4.85. The Bertz CT molecular complexity index is 469. The highest BCUT2D eigenvalue weighted by Crippen LogP contribution is 2.14. The average molecular weight is 214 g/mol. The lowest BCUT2D eigenvalue weighted by Gasteiger charge is -2.04. The molecular weight excluding hydrogens is 204 g/mol. The third-order valence-electron chi connectivity index (χ3n) is 2.10. The zero-order chi connectivity index (χ0) is 11.2. The molecule has 2 aromatic rings. The molecule has 1 aromatic heterocycles. The summed E-state index contributed by atoms with van der Waals surface area (Å²) < 4.78 is 10.2. The van der Waals surface area contributed by atoms with Crippen molar-refractivity contribution in [2.45, 2.75) is 13.0 Å². The van der Waals surface area contributed by atoms with Gasteiger partial charge in [0.2, 0.25) is 0 Å². The summed E-state index contributed by atoms with van der Waals surface area (Å²) in [5, 5.41) is 12.1. The third kappa shape index (κ3) is 2.61. The fraction of sp³-hybridized carbons (Fsp3) is 0.167. The molecule has 0 atom stereocenters. The summed E-state index contributed by atoms with van der Waals surface area (Å²) in [6.07, 6.45) is 3.58. The summed E-state index contributed by atoms with van der Waals surface area (Å²) in [6, 6.07) is 9.55. The second-order valence-electron chi connectivity index (χ2n) is 3.30. The minimum atomic E-state index is 0.423. The number of hydrogen-bond acceptors (Lipinski definition) is 4. The molecule has 4 nitrogen and oxygen atoms in total. The van der Waals surface area contributed by atoms with E-state index in [1.165, 1.54) is 0 Å². The van der Waals surface area contributed by atoms with Crippen molar-refractivity contribution >= 4 is 0 Å². The molecule has 0 saturated carbocycles. The predicted molar refractivity (Wildman–Crippen MR) is 56.6 cm³/mol. The molecule has 0 unspecified atom stereocenters. The summed E-state index contributed by atoms with van der Waals surface area (Å²) in [5.74, 6) is 0.767. The number of benzene rings is 1. The molecule has 0 aliphatic rings. The lowest BCUT2D eigenvalue weighted by Crippen LogP contribution is -1.93. The molecule has 0 fully saturated rings. The number of aromatic nitrogens is 1. The Hall–Kier alpha value is -2.28. The van der Waals surface area contributed by atoms with E-state index in [0.29, 0.717) is 13.0 Å². The van der Waals surface area contributed by atoms with Crippen molar-refractivity contribution in [1.82, 2.24) is 5.16 Å². The fourth-order valence-electron chi connectivity index (χ4n) is 1.26. The molecule has 0 N–H and O–H groups in total. The number of ether oxygens (including phenoxy) is 1. The van der Waals surface area contributed by atoms with Crippen LogP contribution in [-0.4, -0.2) is 5.16 Å². The van der Waals surface area contributed by atoms with Gasteiger partial charge in [0.05, 0.1) is 18.7 Å². The standard InChI is InChI=1S/C12H10N2O2/c13-6-5-10-1-3-12(4-2-10)15-8-11-7-14-16-9-11/h1-4,7,9H,5,8H2. The Balaban J connectivity index is 1.93. The van der Waals surface area contributed by atoms with Crippen LogP contribution in [-0.2, 0) is 13.0 Å². The van der Waals surface area contributed by atoms with Crippen LogP contribution >= 0.6 is 0 Å². The van der Waals surface area contributed by atoms with E-state index in [2.05, 4.69) is 15.7 Å². The molecule has 2 rings (SSSR count). The van der Waals surface area contributed by atoms with E-state index in [4.69, 9.17) is 10.00 Å². The summed E-state index contributed by atoms with van der Waals surface area (Å²) >= 11 is 0. The van der Waals surface area contributed by atoms with Crippen LogP contribution in [0.5, 0.6) is 5.75 Å². The summed E-state index contributed by atoms with van der Waals surface area (Å²) in [4.78, 5) is 0. The Morgan fingerprint density at radius 1 is 1.25 bits per heavy atom. The molecule has 0 spiro atoms. The molecule has 0 radical (unpaired) electrons. The van der Waals surface area contributed by atoms with Crippen molar-refractivity contribution in [3.63, 3.8) is 0 Å². The molecular formula is C12H10N2O2. The first-order chi connectivity index (χ1) is 7.88.